The van der Waals surface area contributed by atoms with E-state index in [1.54, 1.807) is 12.3 Å². The van der Waals surface area contributed by atoms with Crippen LogP contribution in [0.5, 0.6) is 0 Å². The van der Waals surface area contributed by atoms with Crippen molar-refractivity contribution in [2.45, 2.75) is 19.3 Å². The molecule has 1 amide bonds. The smallest absolute Gasteiger partial charge is 0.281 e. The SMILES string of the molecule is Nc1nonc1C(=O)Nc1ccc(N2CCCCC2)nc1. The molecule has 1 aliphatic rings. The second kappa shape index (κ2) is 5.78. The lowest BCUT2D eigenvalue weighted by atomic mass is 10.1. The summed E-state index contributed by atoms with van der Waals surface area (Å²) in [6.07, 6.45) is 5.28. The number of carbonyl (C=O) groups is 1. The van der Waals surface area contributed by atoms with Gasteiger partial charge < -0.3 is 16.0 Å². The number of nitrogens with one attached hydrogen (secondary N) is 1. The van der Waals surface area contributed by atoms with E-state index >= 15 is 0 Å². The van der Waals surface area contributed by atoms with Gasteiger partial charge in [0.05, 0.1) is 11.9 Å². The Morgan fingerprint density at radius 1 is 1.24 bits per heavy atom. The molecule has 0 spiro atoms. The monoisotopic (exact) mass is 288 g/mol. The Hall–Kier alpha value is -2.64. The number of hydrogen-bond acceptors (Lipinski definition) is 7. The number of rotatable bonds is 3. The number of nitrogens with two attached hydrogens (primary N) is 1. The standard InChI is InChI=1S/C13H16N6O2/c14-12-11(17-21-18-12)13(20)16-9-4-5-10(15-8-9)19-6-2-1-3-7-19/h4-5,8H,1-3,6-7H2,(H2,14,18)(H,16,20). The summed E-state index contributed by atoms with van der Waals surface area (Å²) >= 11 is 0. The number of piperidine rings is 1. The van der Waals surface area contributed by atoms with E-state index < -0.39 is 5.91 Å². The molecule has 2 aromatic rings. The fraction of sp³-hybridized carbons (Fsp3) is 0.385. The maximum atomic E-state index is 11.9. The Labute approximate surface area is 121 Å². The van der Waals surface area contributed by atoms with Crippen molar-refractivity contribution in [3.63, 3.8) is 0 Å². The first-order valence-electron chi connectivity index (χ1n) is 6.84. The van der Waals surface area contributed by atoms with E-state index in [4.69, 9.17) is 5.73 Å². The van der Waals surface area contributed by atoms with Gasteiger partial charge in [-0.15, -0.1) is 0 Å². The van der Waals surface area contributed by atoms with Crippen LogP contribution in [0.2, 0.25) is 0 Å². The summed E-state index contributed by atoms with van der Waals surface area (Å²) in [5, 5.41) is 9.47. The Morgan fingerprint density at radius 3 is 2.67 bits per heavy atom. The normalized spacial score (nSPS) is 15.0. The molecular weight excluding hydrogens is 272 g/mol. The first-order chi connectivity index (χ1) is 10.2. The van der Waals surface area contributed by atoms with Crippen molar-refractivity contribution in [1.29, 1.82) is 0 Å². The molecule has 3 rings (SSSR count). The minimum Gasteiger partial charge on any atom is -0.379 e. The number of anilines is 3. The Morgan fingerprint density at radius 2 is 2.05 bits per heavy atom. The summed E-state index contributed by atoms with van der Waals surface area (Å²) in [6, 6.07) is 3.70. The summed E-state index contributed by atoms with van der Waals surface area (Å²) in [4.78, 5) is 18.5. The predicted molar refractivity (Wildman–Crippen MR) is 77.0 cm³/mol. The largest absolute Gasteiger partial charge is 0.379 e. The van der Waals surface area contributed by atoms with Gasteiger partial charge in [0.25, 0.3) is 5.91 Å². The van der Waals surface area contributed by atoms with E-state index in [9.17, 15) is 4.79 Å². The molecule has 110 valence electrons. The molecule has 0 atom stereocenters. The van der Waals surface area contributed by atoms with Crippen LogP contribution in [0.1, 0.15) is 29.8 Å². The first-order valence-corrected chi connectivity index (χ1v) is 6.84. The van der Waals surface area contributed by atoms with E-state index in [0.717, 1.165) is 18.9 Å². The highest BCUT2D eigenvalue weighted by atomic mass is 16.6. The Bertz CT molecular complexity index is 618. The van der Waals surface area contributed by atoms with E-state index in [-0.39, 0.29) is 11.5 Å². The molecular formula is C13H16N6O2. The topological polar surface area (TPSA) is 110 Å². The molecule has 8 heteroatoms. The molecule has 0 aromatic carbocycles. The number of aromatic nitrogens is 3. The highest BCUT2D eigenvalue weighted by Crippen LogP contribution is 2.19. The Balaban J connectivity index is 1.67. The van der Waals surface area contributed by atoms with Crippen LogP contribution < -0.4 is 16.0 Å². The van der Waals surface area contributed by atoms with Crippen LogP contribution in [-0.2, 0) is 0 Å². The van der Waals surface area contributed by atoms with E-state index in [1.807, 2.05) is 6.07 Å². The van der Waals surface area contributed by atoms with Gasteiger partial charge in [0.2, 0.25) is 11.5 Å². The van der Waals surface area contributed by atoms with Crippen LogP contribution >= 0.6 is 0 Å². The number of nitrogens with zero attached hydrogens (tertiary/aromatic N) is 4. The molecule has 21 heavy (non-hydrogen) atoms. The Kier molecular flexibility index (Phi) is 3.67. The van der Waals surface area contributed by atoms with Crippen LogP contribution in [0.25, 0.3) is 0 Å². The molecule has 1 fully saturated rings. The quantitative estimate of drug-likeness (QED) is 0.875. The van der Waals surface area contributed by atoms with Gasteiger partial charge in [0.15, 0.2) is 0 Å². The minimum absolute atomic E-state index is 0.0323. The highest BCUT2D eigenvalue weighted by Gasteiger charge is 2.16. The van der Waals surface area contributed by atoms with Gasteiger partial charge in [-0.05, 0) is 41.7 Å². The molecule has 0 radical (unpaired) electrons. The first kappa shape index (κ1) is 13.3. The van der Waals surface area contributed by atoms with Gasteiger partial charge in [-0.3, -0.25) is 4.79 Å². The van der Waals surface area contributed by atoms with Crippen molar-refractivity contribution in [3.05, 3.63) is 24.0 Å². The van der Waals surface area contributed by atoms with Crippen molar-refractivity contribution < 1.29 is 9.42 Å². The summed E-state index contributed by atoms with van der Waals surface area (Å²) < 4.78 is 4.39. The number of amides is 1. The van der Waals surface area contributed by atoms with E-state index in [1.165, 1.54) is 19.3 Å². The number of carbonyl (C=O) groups excluding carboxylic acids is 1. The van der Waals surface area contributed by atoms with E-state index in [2.05, 4.69) is 30.1 Å². The molecule has 0 aliphatic carbocycles. The molecule has 8 nitrogen and oxygen atoms in total. The molecule has 1 aliphatic heterocycles. The van der Waals surface area contributed by atoms with Crippen LogP contribution in [0, 0.1) is 0 Å². The second-order valence-corrected chi connectivity index (χ2v) is 4.90. The van der Waals surface area contributed by atoms with Gasteiger partial charge in [0.1, 0.15) is 5.82 Å². The molecule has 2 aromatic heterocycles. The lowest BCUT2D eigenvalue weighted by Crippen LogP contribution is -2.30. The van der Waals surface area contributed by atoms with Crippen molar-refractivity contribution in [3.8, 4) is 0 Å². The van der Waals surface area contributed by atoms with Crippen LogP contribution in [0.3, 0.4) is 0 Å². The summed E-state index contributed by atoms with van der Waals surface area (Å²) in [6.45, 7) is 2.06. The molecule has 0 unspecified atom stereocenters. The summed E-state index contributed by atoms with van der Waals surface area (Å²) in [7, 11) is 0. The van der Waals surface area contributed by atoms with Crippen LogP contribution in [0.15, 0.2) is 23.0 Å². The molecule has 0 bridgehead atoms. The number of hydrogen-bond donors (Lipinski definition) is 2. The molecule has 1 saturated heterocycles. The zero-order valence-corrected chi connectivity index (χ0v) is 11.5. The van der Waals surface area contributed by atoms with Gasteiger partial charge >= 0.3 is 0 Å². The second-order valence-electron chi connectivity index (χ2n) is 4.90. The molecule has 3 heterocycles. The van der Waals surface area contributed by atoms with Crippen molar-refractivity contribution in [2.24, 2.45) is 0 Å². The average molecular weight is 288 g/mol. The summed E-state index contributed by atoms with van der Waals surface area (Å²) in [5.41, 5.74) is 6.01. The maximum Gasteiger partial charge on any atom is 0.281 e. The predicted octanol–water partition coefficient (Wildman–Crippen LogP) is 1.29. The maximum absolute atomic E-state index is 11.9. The van der Waals surface area contributed by atoms with Crippen molar-refractivity contribution in [1.82, 2.24) is 15.3 Å². The zero-order valence-electron chi connectivity index (χ0n) is 11.5. The lowest BCUT2D eigenvalue weighted by molar-refractivity contribution is 0.101. The van der Waals surface area contributed by atoms with Gasteiger partial charge in [-0.25, -0.2) is 9.61 Å². The van der Waals surface area contributed by atoms with Gasteiger partial charge in [0, 0.05) is 13.1 Å². The minimum atomic E-state index is -0.471. The zero-order chi connectivity index (χ0) is 14.7. The van der Waals surface area contributed by atoms with Crippen molar-refractivity contribution in [2.75, 3.05) is 29.0 Å². The fourth-order valence-corrected chi connectivity index (χ4v) is 2.31. The lowest BCUT2D eigenvalue weighted by Gasteiger charge is -2.27. The summed E-state index contributed by atoms with van der Waals surface area (Å²) in [5.74, 6) is 0.419. The fourth-order valence-electron chi connectivity index (χ4n) is 2.31. The van der Waals surface area contributed by atoms with Crippen LogP contribution in [0.4, 0.5) is 17.3 Å². The molecule has 3 N–H and O–H groups in total. The highest BCUT2D eigenvalue weighted by molar-refractivity contribution is 6.05. The third kappa shape index (κ3) is 2.93. The van der Waals surface area contributed by atoms with E-state index in [0.29, 0.717) is 5.69 Å². The third-order valence-electron chi connectivity index (χ3n) is 3.41. The average Bonchev–Trinajstić information content (AvgIpc) is 2.95. The van der Waals surface area contributed by atoms with Crippen LogP contribution in [-0.4, -0.2) is 34.3 Å². The number of pyridine rings is 1. The van der Waals surface area contributed by atoms with Crippen molar-refractivity contribution >= 4 is 23.2 Å². The third-order valence-corrected chi connectivity index (χ3v) is 3.41. The molecule has 0 saturated carbocycles. The number of nitrogen functional groups attached to an aromatic ring is 1. The van der Waals surface area contributed by atoms with Gasteiger partial charge in [-0.1, -0.05) is 0 Å². The van der Waals surface area contributed by atoms with Gasteiger partial charge in [-0.2, -0.15) is 0 Å².